The van der Waals surface area contributed by atoms with Gasteiger partial charge in [-0.1, -0.05) is 19.4 Å². The number of H-pyrrole nitrogens is 1. The van der Waals surface area contributed by atoms with E-state index in [1.807, 2.05) is 6.07 Å². The SMILES string of the molecule is [B]c1nc2ccc(CCC)cc2[nH]1. The minimum absolute atomic E-state index is 0.489. The van der Waals surface area contributed by atoms with E-state index in [4.69, 9.17) is 7.85 Å². The van der Waals surface area contributed by atoms with E-state index in [0.717, 1.165) is 23.9 Å². The summed E-state index contributed by atoms with van der Waals surface area (Å²) in [6, 6.07) is 6.22. The summed E-state index contributed by atoms with van der Waals surface area (Å²) in [6.45, 7) is 2.17. The summed E-state index contributed by atoms with van der Waals surface area (Å²) in [5, 5.41) is 0. The maximum Gasteiger partial charge on any atom is 0.167 e. The van der Waals surface area contributed by atoms with Crippen molar-refractivity contribution < 1.29 is 0 Å². The van der Waals surface area contributed by atoms with E-state index >= 15 is 0 Å². The number of nitrogens with zero attached hydrogens (tertiary/aromatic N) is 1. The van der Waals surface area contributed by atoms with Crippen LogP contribution in [0.1, 0.15) is 18.9 Å². The van der Waals surface area contributed by atoms with Gasteiger partial charge in [0, 0.05) is 5.72 Å². The van der Waals surface area contributed by atoms with E-state index in [0.29, 0.717) is 5.72 Å². The van der Waals surface area contributed by atoms with Gasteiger partial charge >= 0.3 is 0 Å². The molecule has 2 radical (unpaired) electrons. The van der Waals surface area contributed by atoms with Crippen LogP contribution < -0.4 is 5.72 Å². The van der Waals surface area contributed by atoms with Crippen molar-refractivity contribution in [2.75, 3.05) is 0 Å². The molecule has 0 spiro atoms. The fourth-order valence-corrected chi connectivity index (χ4v) is 1.52. The molecule has 3 heteroatoms. The zero-order valence-electron chi connectivity index (χ0n) is 7.67. The third kappa shape index (κ3) is 1.59. The van der Waals surface area contributed by atoms with Gasteiger partial charge in [-0.15, -0.1) is 0 Å². The number of hydrogen-bond acceptors (Lipinski definition) is 1. The Labute approximate surface area is 78.8 Å². The third-order valence-corrected chi connectivity index (χ3v) is 2.10. The predicted octanol–water partition coefficient (Wildman–Crippen LogP) is 1.31. The Morgan fingerprint density at radius 1 is 1.46 bits per heavy atom. The number of benzene rings is 1. The number of nitrogens with one attached hydrogen (secondary N) is 1. The van der Waals surface area contributed by atoms with E-state index in [9.17, 15) is 0 Å². The first-order valence-corrected chi connectivity index (χ1v) is 4.53. The van der Waals surface area contributed by atoms with Crippen molar-refractivity contribution in [1.29, 1.82) is 0 Å². The molecule has 0 fully saturated rings. The Hall–Kier alpha value is -1.25. The Morgan fingerprint density at radius 2 is 2.31 bits per heavy atom. The van der Waals surface area contributed by atoms with Crippen molar-refractivity contribution in [3.8, 4) is 0 Å². The van der Waals surface area contributed by atoms with Crippen molar-refractivity contribution in [3.63, 3.8) is 0 Å². The van der Waals surface area contributed by atoms with Crippen LogP contribution in [-0.2, 0) is 6.42 Å². The smallest absolute Gasteiger partial charge is 0.167 e. The van der Waals surface area contributed by atoms with E-state index in [-0.39, 0.29) is 0 Å². The summed E-state index contributed by atoms with van der Waals surface area (Å²) in [4.78, 5) is 7.16. The Balaban J connectivity index is 2.48. The van der Waals surface area contributed by atoms with Gasteiger partial charge in [0.15, 0.2) is 7.85 Å². The molecule has 1 heterocycles. The number of aromatic nitrogens is 2. The summed E-state index contributed by atoms with van der Waals surface area (Å²) in [7, 11) is 5.55. The van der Waals surface area contributed by atoms with Crippen LogP contribution >= 0.6 is 0 Å². The number of aromatic amines is 1. The second-order valence-corrected chi connectivity index (χ2v) is 3.22. The number of imidazole rings is 1. The second-order valence-electron chi connectivity index (χ2n) is 3.22. The average molecular weight is 170 g/mol. The molecule has 13 heavy (non-hydrogen) atoms. The van der Waals surface area contributed by atoms with Gasteiger partial charge in [0.2, 0.25) is 0 Å². The topological polar surface area (TPSA) is 28.7 Å². The Morgan fingerprint density at radius 3 is 3.08 bits per heavy atom. The molecule has 0 unspecified atom stereocenters. The van der Waals surface area contributed by atoms with Crippen molar-refractivity contribution >= 4 is 24.6 Å². The minimum Gasteiger partial charge on any atom is -0.351 e. The number of hydrogen-bond donors (Lipinski definition) is 1. The summed E-state index contributed by atoms with van der Waals surface area (Å²) in [5.41, 5.74) is 3.79. The standard InChI is InChI=1S/C10H11BN2/c1-2-3-7-4-5-8-9(6-7)13-10(11)12-8/h4-6H,2-3H2,1H3,(H,12,13). The van der Waals surface area contributed by atoms with Gasteiger partial charge < -0.3 is 4.98 Å². The predicted molar refractivity (Wildman–Crippen MR) is 55.5 cm³/mol. The molecule has 2 aromatic rings. The monoisotopic (exact) mass is 170 g/mol. The molecule has 0 amide bonds. The molecule has 0 aliphatic rings. The fourth-order valence-electron chi connectivity index (χ4n) is 1.52. The second kappa shape index (κ2) is 3.25. The van der Waals surface area contributed by atoms with Gasteiger partial charge in [-0.05, 0) is 24.1 Å². The summed E-state index contributed by atoms with van der Waals surface area (Å²) < 4.78 is 0. The van der Waals surface area contributed by atoms with Gasteiger partial charge in [-0.3, -0.25) is 0 Å². The molecule has 0 bridgehead atoms. The fraction of sp³-hybridized carbons (Fsp3) is 0.300. The van der Waals surface area contributed by atoms with Gasteiger partial charge in [-0.2, -0.15) is 0 Å². The lowest BCUT2D eigenvalue weighted by molar-refractivity contribution is 0.923. The highest BCUT2D eigenvalue weighted by Crippen LogP contribution is 2.11. The highest BCUT2D eigenvalue weighted by molar-refractivity contribution is 6.30. The molecule has 1 aromatic carbocycles. The van der Waals surface area contributed by atoms with Crippen molar-refractivity contribution in [1.82, 2.24) is 9.97 Å². The quantitative estimate of drug-likeness (QED) is 0.676. The first-order chi connectivity index (χ1) is 6.29. The minimum atomic E-state index is 0.489. The molecule has 1 aromatic heterocycles. The Kier molecular flexibility index (Phi) is 2.09. The highest BCUT2D eigenvalue weighted by Gasteiger charge is 1.99. The largest absolute Gasteiger partial charge is 0.351 e. The van der Waals surface area contributed by atoms with E-state index < -0.39 is 0 Å². The third-order valence-electron chi connectivity index (χ3n) is 2.10. The van der Waals surface area contributed by atoms with Crippen molar-refractivity contribution in [2.45, 2.75) is 19.8 Å². The molecule has 1 N–H and O–H groups in total. The first kappa shape index (κ1) is 8.36. The summed E-state index contributed by atoms with van der Waals surface area (Å²) in [6.07, 6.45) is 2.27. The van der Waals surface area contributed by atoms with E-state index in [2.05, 4.69) is 29.0 Å². The van der Waals surface area contributed by atoms with Gasteiger partial charge in [0.05, 0.1) is 11.0 Å². The van der Waals surface area contributed by atoms with Crippen LogP contribution in [0, 0.1) is 0 Å². The molecule has 0 aliphatic carbocycles. The highest BCUT2D eigenvalue weighted by atomic mass is 14.9. The average Bonchev–Trinajstić information content (AvgIpc) is 2.44. The Bertz CT molecular complexity index is 420. The molecular weight excluding hydrogens is 159 g/mol. The molecule has 64 valence electrons. The summed E-state index contributed by atoms with van der Waals surface area (Å²) in [5.74, 6) is 0. The van der Waals surface area contributed by atoms with E-state index in [1.54, 1.807) is 0 Å². The molecule has 0 aliphatic heterocycles. The number of fused-ring (bicyclic) bond motifs is 1. The van der Waals surface area contributed by atoms with Gasteiger partial charge in [-0.25, -0.2) is 4.98 Å². The molecule has 0 atom stereocenters. The molecule has 0 saturated heterocycles. The lowest BCUT2D eigenvalue weighted by Gasteiger charge is -1.96. The zero-order valence-corrected chi connectivity index (χ0v) is 7.67. The maximum atomic E-state index is 5.55. The number of aryl methyl sites for hydroxylation is 1. The molecular formula is C10H11BN2. The van der Waals surface area contributed by atoms with Crippen LogP contribution in [0.3, 0.4) is 0 Å². The lowest BCUT2D eigenvalue weighted by atomic mass is 10.1. The molecule has 2 nitrogen and oxygen atoms in total. The van der Waals surface area contributed by atoms with Gasteiger partial charge in [0.1, 0.15) is 0 Å². The molecule has 2 rings (SSSR count). The zero-order chi connectivity index (χ0) is 9.26. The van der Waals surface area contributed by atoms with Crippen LogP contribution in [0.25, 0.3) is 11.0 Å². The molecule has 0 saturated carbocycles. The van der Waals surface area contributed by atoms with E-state index in [1.165, 1.54) is 5.56 Å². The maximum absolute atomic E-state index is 5.55. The first-order valence-electron chi connectivity index (χ1n) is 4.53. The lowest BCUT2D eigenvalue weighted by Crippen LogP contribution is -2.04. The number of rotatable bonds is 2. The van der Waals surface area contributed by atoms with Crippen molar-refractivity contribution in [2.24, 2.45) is 0 Å². The van der Waals surface area contributed by atoms with Crippen LogP contribution in [0.5, 0.6) is 0 Å². The normalized spacial score (nSPS) is 10.8. The van der Waals surface area contributed by atoms with Crippen LogP contribution in [0.4, 0.5) is 0 Å². The van der Waals surface area contributed by atoms with Gasteiger partial charge in [0.25, 0.3) is 0 Å². The van der Waals surface area contributed by atoms with Crippen LogP contribution in [0.15, 0.2) is 18.2 Å². The summed E-state index contributed by atoms with van der Waals surface area (Å²) >= 11 is 0. The van der Waals surface area contributed by atoms with Crippen LogP contribution in [-0.4, -0.2) is 17.8 Å². The van der Waals surface area contributed by atoms with Crippen molar-refractivity contribution in [3.05, 3.63) is 23.8 Å². The van der Waals surface area contributed by atoms with Crippen LogP contribution in [0.2, 0.25) is 0 Å².